The van der Waals surface area contributed by atoms with E-state index in [1.165, 1.54) is 6.34 Å². The van der Waals surface area contributed by atoms with Crippen LogP contribution in [0.2, 0.25) is 0 Å². The van der Waals surface area contributed by atoms with Crippen molar-refractivity contribution in [2.75, 3.05) is 6.54 Å². The maximum atomic E-state index is 6.82. The fourth-order valence-corrected chi connectivity index (χ4v) is 0.643. The van der Waals surface area contributed by atoms with Gasteiger partial charge in [0, 0.05) is 18.3 Å². The van der Waals surface area contributed by atoms with Gasteiger partial charge in [-0.1, -0.05) is 19.9 Å². The van der Waals surface area contributed by atoms with E-state index in [4.69, 9.17) is 5.41 Å². The fraction of sp³-hybridized carbons (Fsp3) is 0.625. The Hall–Kier alpha value is -0.830. The number of hydrogen-bond donors (Lipinski definition) is 3. The molecule has 0 aliphatic carbocycles. The van der Waals surface area contributed by atoms with E-state index < -0.39 is 0 Å². The zero-order valence-electron chi connectivity index (χ0n) is 7.44. The summed E-state index contributed by atoms with van der Waals surface area (Å²) < 4.78 is 0. The van der Waals surface area contributed by atoms with E-state index >= 15 is 0 Å². The van der Waals surface area contributed by atoms with Crippen LogP contribution in [0.1, 0.15) is 20.8 Å². The minimum Gasteiger partial charge on any atom is -0.350 e. The highest BCUT2D eigenvalue weighted by molar-refractivity contribution is 5.53. The lowest BCUT2D eigenvalue weighted by atomic mass is 10.3. The average Bonchev–Trinajstić information content (AvgIpc) is 1.97. The monoisotopic (exact) mass is 155 g/mol. The molecule has 0 aromatic heterocycles. The summed E-state index contributed by atoms with van der Waals surface area (Å²) in [5.74, 6) is 0. The van der Waals surface area contributed by atoms with Crippen molar-refractivity contribution in [2.24, 2.45) is 0 Å². The van der Waals surface area contributed by atoms with E-state index in [2.05, 4.69) is 24.5 Å². The molecule has 0 saturated carbocycles. The maximum Gasteiger partial charge on any atom is 0.0833 e. The molecule has 64 valence electrons. The Balaban J connectivity index is 3.62. The SMILES string of the molecule is C/C=C(/CNC(C)C)NC=N. The highest BCUT2D eigenvalue weighted by Gasteiger charge is 1.94. The summed E-state index contributed by atoms with van der Waals surface area (Å²) >= 11 is 0. The fourth-order valence-electron chi connectivity index (χ4n) is 0.643. The van der Waals surface area contributed by atoms with Crippen LogP contribution in [-0.4, -0.2) is 18.9 Å². The molecular weight excluding hydrogens is 138 g/mol. The molecule has 0 amide bonds. The third-order valence-corrected chi connectivity index (χ3v) is 1.31. The van der Waals surface area contributed by atoms with Crippen molar-refractivity contribution in [1.82, 2.24) is 10.6 Å². The van der Waals surface area contributed by atoms with Gasteiger partial charge in [-0.05, 0) is 6.92 Å². The topological polar surface area (TPSA) is 47.9 Å². The second kappa shape index (κ2) is 5.92. The molecule has 0 bridgehead atoms. The molecule has 0 aromatic rings. The van der Waals surface area contributed by atoms with Crippen molar-refractivity contribution in [3.05, 3.63) is 11.8 Å². The first-order valence-corrected chi connectivity index (χ1v) is 3.84. The molecule has 0 spiro atoms. The maximum absolute atomic E-state index is 6.82. The molecule has 11 heavy (non-hydrogen) atoms. The number of hydrogen-bond acceptors (Lipinski definition) is 2. The first kappa shape index (κ1) is 10.2. The second-order valence-electron chi connectivity index (χ2n) is 2.64. The number of rotatable bonds is 5. The van der Waals surface area contributed by atoms with Gasteiger partial charge < -0.3 is 10.6 Å². The van der Waals surface area contributed by atoms with Gasteiger partial charge in [0.25, 0.3) is 0 Å². The lowest BCUT2D eigenvalue weighted by Crippen LogP contribution is -2.29. The van der Waals surface area contributed by atoms with Gasteiger partial charge >= 0.3 is 0 Å². The Labute approximate surface area is 68.4 Å². The van der Waals surface area contributed by atoms with E-state index in [-0.39, 0.29) is 0 Å². The van der Waals surface area contributed by atoms with Crippen molar-refractivity contribution in [2.45, 2.75) is 26.8 Å². The lowest BCUT2D eigenvalue weighted by molar-refractivity contribution is 0.614. The smallest absolute Gasteiger partial charge is 0.0833 e. The second-order valence-corrected chi connectivity index (χ2v) is 2.64. The molecule has 0 atom stereocenters. The third kappa shape index (κ3) is 5.61. The van der Waals surface area contributed by atoms with Gasteiger partial charge in [0.05, 0.1) is 6.34 Å². The average molecular weight is 155 g/mol. The number of allylic oxidation sites excluding steroid dienone is 1. The molecule has 0 unspecified atom stereocenters. The molecule has 0 saturated heterocycles. The minimum absolute atomic E-state index is 0.484. The number of nitrogens with one attached hydrogen (secondary N) is 3. The summed E-state index contributed by atoms with van der Waals surface area (Å²) in [6, 6.07) is 0.484. The Morgan fingerprint density at radius 2 is 2.18 bits per heavy atom. The summed E-state index contributed by atoms with van der Waals surface area (Å²) in [5, 5.41) is 12.9. The van der Waals surface area contributed by atoms with E-state index in [0.29, 0.717) is 6.04 Å². The molecule has 3 N–H and O–H groups in total. The standard InChI is InChI=1S/C8H17N3/c1-4-8(11-6-9)5-10-7(2)3/h4,6-7,10H,5H2,1-3H3,(H2,9,11)/b8-4-. The van der Waals surface area contributed by atoms with Crippen LogP contribution >= 0.6 is 0 Å². The molecule has 0 rings (SSSR count). The summed E-state index contributed by atoms with van der Waals surface area (Å²) in [5.41, 5.74) is 1.04. The molecular formula is C8H17N3. The minimum atomic E-state index is 0.484. The highest BCUT2D eigenvalue weighted by Crippen LogP contribution is 1.85. The quantitative estimate of drug-likeness (QED) is 0.411. The largest absolute Gasteiger partial charge is 0.350 e. The van der Waals surface area contributed by atoms with Gasteiger partial charge in [0.2, 0.25) is 0 Å². The molecule has 0 radical (unpaired) electrons. The predicted octanol–water partition coefficient (Wildman–Crippen LogP) is 1.08. The van der Waals surface area contributed by atoms with Crippen molar-refractivity contribution < 1.29 is 0 Å². The van der Waals surface area contributed by atoms with E-state index in [1.54, 1.807) is 0 Å². The van der Waals surface area contributed by atoms with Gasteiger partial charge in [-0.15, -0.1) is 0 Å². The molecule has 0 aliphatic heterocycles. The van der Waals surface area contributed by atoms with E-state index in [0.717, 1.165) is 12.2 Å². The van der Waals surface area contributed by atoms with Crippen LogP contribution in [0.4, 0.5) is 0 Å². The summed E-state index contributed by atoms with van der Waals surface area (Å²) in [6.45, 7) is 6.94. The van der Waals surface area contributed by atoms with E-state index in [1.807, 2.05) is 13.0 Å². The van der Waals surface area contributed by atoms with Crippen molar-refractivity contribution in [3.63, 3.8) is 0 Å². The van der Waals surface area contributed by atoms with Crippen LogP contribution in [0.25, 0.3) is 0 Å². The van der Waals surface area contributed by atoms with Crippen LogP contribution in [0.5, 0.6) is 0 Å². The Kier molecular flexibility index (Phi) is 5.47. The van der Waals surface area contributed by atoms with Gasteiger partial charge in [0.1, 0.15) is 0 Å². The zero-order chi connectivity index (χ0) is 8.69. The predicted molar refractivity (Wildman–Crippen MR) is 48.8 cm³/mol. The molecule has 3 nitrogen and oxygen atoms in total. The van der Waals surface area contributed by atoms with Gasteiger partial charge in [0.15, 0.2) is 0 Å². The van der Waals surface area contributed by atoms with Crippen LogP contribution in [0, 0.1) is 5.41 Å². The van der Waals surface area contributed by atoms with Gasteiger partial charge in [-0.2, -0.15) is 0 Å². The van der Waals surface area contributed by atoms with Crippen LogP contribution in [0.3, 0.4) is 0 Å². The normalized spacial score (nSPS) is 11.8. The Morgan fingerprint density at radius 1 is 1.55 bits per heavy atom. The van der Waals surface area contributed by atoms with Gasteiger partial charge in [-0.3, -0.25) is 5.41 Å². The molecule has 0 aromatic carbocycles. The molecule has 3 heteroatoms. The Morgan fingerprint density at radius 3 is 2.55 bits per heavy atom. The van der Waals surface area contributed by atoms with Crippen LogP contribution in [0.15, 0.2) is 11.8 Å². The zero-order valence-corrected chi connectivity index (χ0v) is 7.44. The Bertz CT molecular complexity index is 138. The van der Waals surface area contributed by atoms with Crippen molar-refractivity contribution >= 4 is 6.34 Å². The van der Waals surface area contributed by atoms with Crippen molar-refractivity contribution in [3.8, 4) is 0 Å². The lowest BCUT2D eigenvalue weighted by Gasteiger charge is -2.10. The summed E-state index contributed by atoms with van der Waals surface area (Å²) in [4.78, 5) is 0. The molecule has 0 heterocycles. The highest BCUT2D eigenvalue weighted by atomic mass is 15.0. The first-order chi connectivity index (χ1) is 5.20. The van der Waals surface area contributed by atoms with Crippen LogP contribution in [-0.2, 0) is 0 Å². The summed E-state index contributed by atoms with van der Waals surface area (Å²) in [7, 11) is 0. The van der Waals surface area contributed by atoms with Gasteiger partial charge in [-0.25, -0.2) is 0 Å². The molecule has 0 fully saturated rings. The van der Waals surface area contributed by atoms with Crippen molar-refractivity contribution in [1.29, 1.82) is 5.41 Å². The first-order valence-electron chi connectivity index (χ1n) is 3.84. The van der Waals surface area contributed by atoms with E-state index in [9.17, 15) is 0 Å². The molecule has 0 aliphatic rings. The summed E-state index contributed by atoms with van der Waals surface area (Å²) in [6.07, 6.45) is 3.15. The van der Waals surface area contributed by atoms with Crippen LogP contribution < -0.4 is 10.6 Å². The third-order valence-electron chi connectivity index (χ3n) is 1.31.